The molecule has 144 valence electrons. The van der Waals surface area contributed by atoms with E-state index in [0.29, 0.717) is 24.9 Å². The summed E-state index contributed by atoms with van der Waals surface area (Å²) in [6.07, 6.45) is 3.16. The third-order valence-electron chi connectivity index (χ3n) is 5.37. The lowest BCUT2D eigenvalue weighted by Gasteiger charge is -2.37. The zero-order chi connectivity index (χ0) is 18.1. The average Bonchev–Trinajstić information content (AvgIpc) is 2.67. The van der Waals surface area contributed by atoms with Crippen molar-refractivity contribution in [3.8, 4) is 0 Å². The van der Waals surface area contributed by atoms with Crippen LogP contribution in [0.4, 0.5) is 0 Å². The molecule has 27 heavy (non-hydrogen) atoms. The smallest absolute Gasteiger partial charge is 0.263 e. The molecule has 0 radical (unpaired) electrons. The van der Waals surface area contributed by atoms with E-state index < -0.39 is 0 Å². The standard InChI is InChI=1S/C20H23N3O2S.ClH/c1-26-16-4-2-13(3-5-16)10-22-19(24)17-6-7-18-15-8-14(9-21-11-15)12-23(18)20(17)25;/h2-7,14-15,21H,8-12H2,1H3,(H,22,24);1H/t14-,15+;/m0./s1. The zero-order valence-electron chi connectivity index (χ0n) is 15.2. The Balaban J connectivity index is 0.00000210. The van der Waals surface area contributed by atoms with Gasteiger partial charge >= 0.3 is 0 Å². The quantitative estimate of drug-likeness (QED) is 0.767. The Kier molecular flexibility index (Phi) is 6.29. The Labute approximate surface area is 169 Å². The number of pyridine rings is 1. The molecule has 2 atom stereocenters. The number of nitrogens with one attached hydrogen (secondary N) is 2. The van der Waals surface area contributed by atoms with Crippen molar-refractivity contribution < 1.29 is 4.79 Å². The number of hydrogen-bond donors (Lipinski definition) is 2. The monoisotopic (exact) mass is 405 g/mol. The van der Waals surface area contributed by atoms with Crippen molar-refractivity contribution in [1.29, 1.82) is 0 Å². The summed E-state index contributed by atoms with van der Waals surface area (Å²) in [6, 6.07) is 11.7. The van der Waals surface area contributed by atoms with Crippen LogP contribution in [0.15, 0.2) is 46.1 Å². The van der Waals surface area contributed by atoms with Crippen molar-refractivity contribution >= 4 is 30.1 Å². The topological polar surface area (TPSA) is 63.1 Å². The van der Waals surface area contributed by atoms with Crippen LogP contribution in [0.1, 0.15) is 34.0 Å². The Morgan fingerprint density at radius 1 is 1.22 bits per heavy atom. The number of rotatable bonds is 4. The van der Waals surface area contributed by atoms with Crippen molar-refractivity contribution in [3.05, 3.63) is 63.6 Å². The highest BCUT2D eigenvalue weighted by Gasteiger charge is 2.31. The van der Waals surface area contributed by atoms with E-state index >= 15 is 0 Å². The SMILES string of the molecule is CSc1ccc(CNC(=O)c2ccc3n(c2=O)C[C@@H]2CNC[C@H]3C2)cc1.Cl. The van der Waals surface area contributed by atoms with Crippen LogP contribution in [0.2, 0.25) is 0 Å². The highest BCUT2D eigenvalue weighted by atomic mass is 35.5. The average molecular weight is 406 g/mol. The number of carbonyl (C=O) groups excluding carboxylic acids is 1. The van der Waals surface area contributed by atoms with Crippen molar-refractivity contribution in [3.63, 3.8) is 0 Å². The molecule has 1 amide bonds. The molecule has 2 aliphatic heterocycles. The number of nitrogens with zero attached hydrogens (tertiary/aromatic N) is 1. The van der Waals surface area contributed by atoms with E-state index in [0.717, 1.165) is 30.8 Å². The van der Waals surface area contributed by atoms with E-state index in [1.165, 1.54) is 4.90 Å². The van der Waals surface area contributed by atoms with E-state index in [1.807, 2.05) is 41.2 Å². The molecule has 0 unspecified atom stereocenters. The van der Waals surface area contributed by atoms with Crippen molar-refractivity contribution in [1.82, 2.24) is 15.2 Å². The molecule has 1 aromatic heterocycles. The summed E-state index contributed by atoms with van der Waals surface area (Å²) in [5.74, 6) is 0.558. The molecule has 7 heteroatoms. The highest BCUT2D eigenvalue weighted by molar-refractivity contribution is 7.98. The first-order valence-corrected chi connectivity index (χ1v) is 10.2. The summed E-state index contributed by atoms with van der Waals surface area (Å²) >= 11 is 1.68. The minimum absolute atomic E-state index is 0. The zero-order valence-corrected chi connectivity index (χ0v) is 16.9. The summed E-state index contributed by atoms with van der Waals surface area (Å²) in [5.41, 5.74) is 2.16. The van der Waals surface area contributed by atoms with Crippen molar-refractivity contribution in [2.24, 2.45) is 5.92 Å². The van der Waals surface area contributed by atoms with Gasteiger partial charge in [0.15, 0.2) is 0 Å². The Morgan fingerprint density at radius 3 is 2.74 bits per heavy atom. The van der Waals surface area contributed by atoms with Crippen LogP contribution in [0.5, 0.6) is 0 Å². The highest BCUT2D eigenvalue weighted by Crippen LogP contribution is 2.31. The maximum absolute atomic E-state index is 12.9. The van der Waals surface area contributed by atoms with Gasteiger partial charge in [0.2, 0.25) is 0 Å². The van der Waals surface area contributed by atoms with Gasteiger partial charge in [-0.25, -0.2) is 0 Å². The molecule has 3 heterocycles. The van der Waals surface area contributed by atoms with E-state index in [4.69, 9.17) is 0 Å². The summed E-state index contributed by atoms with van der Waals surface area (Å²) in [4.78, 5) is 26.6. The largest absolute Gasteiger partial charge is 0.348 e. The molecule has 2 bridgehead atoms. The normalized spacial score (nSPS) is 20.3. The van der Waals surface area contributed by atoms with Crippen LogP contribution in [-0.2, 0) is 13.1 Å². The van der Waals surface area contributed by atoms with Crippen molar-refractivity contribution in [2.45, 2.75) is 30.3 Å². The first-order chi connectivity index (χ1) is 12.7. The molecule has 0 saturated carbocycles. The van der Waals surface area contributed by atoms with Crippen LogP contribution >= 0.6 is 24.2 Å². The number of piperidine rings is 1. The van der Waals surface area contributed by atoms with Gasteiger partial charge in [-0.2, -0.15) is 0 Å². The van der Waals surface area contributed by atoms with Gasteiger partial charge in [0.1, 0.15) is 5.56 Å². The van der Waals surface area contributed by atoms with Crippen LogP contribution < -0.4 is 16.2 Å². The molecule has 2 N–H and O–H groups in total. The van der Waals surface area contributed by atoms with Gasteiger partial charge in [-0.1, -0.05) is 12.1 Å². The Morgan fingerprint density at radius 2 is 2.00 bits per heavy atom. The van der Waals surface area contributed by atoms with E-state index in [1.54, 1.807) is 17.8 Å². The Bertz CT molecular complexity index is 882. The van der Waals surface area contributed by atoms with Gasteiger partial charge in [-0.05, 0) is 55.0 Å². The molecule has 5 nitrogen and oxygen atoms in total. The van der Waals surface area contributed by atoms with Gasteiger partial charge in [0, 0.05) is 36.1 Å². The fourth-order valence-corrected chi connectivity index (χ4v) is 4.39. The van der Waals surface area contributed by atoms with Crippen LogP contribution in [0, 0.1) is 5.92 Å². The van der Waals surface area contributed by atoms with Gasteiger partial charge in [0.05, 0.1) is 0 Å². The maximum atomic E-state index is 12.9. The Hall–Kier alpha value is -1.76. The number of aromatic nitrogens is 1. The first kappa shape index (κ1) is 20.0. The molecule has 2 aliphatic rings. The molecule has 4 rings (SSSR count). The fourth-order valence-electron chi connectivity index (χ4n) is 3.98. The van der Waals surface area contributed by atoms with Crippen molar-refractivity contribution in [2.75, 3.05) is 19.3 Å². The molecule has 0 spiro atoms. The van der Waals surface area contributed by atoms with E-state index in [9.17, 15) is 9.59 Å². The van der Waals surface area contributed by atoms with Crippen LogP contribution in [0.3, 0.4) is 0 Å². The van der Waals surface area contributed by atoms with E-state index in [-0.39, 0.29) is 29.4 Å². The lowest BCUT2D eigenvalue weighted by Crippen LogP contribution is -2.46. The molecule has 1 fully saturated rings. The molecular formula is C20H24ClN3O2S. The number of hydrogen-bond acceptors (Lipinski definition) is 4. The summed E-state index contributed by atoms with van der Waals surface area (Å²) in [5, 5.41) is 6.31. The van der Waals surface area contributed by atoms with E-state index in [2.05, 4.69) is 10.6 Å². The third kappa shape index (κ3) is 4.08. The van der Waals surface area contributed by atoms with Crippen LogP contribution in [0.25, 0.3) is 0 Å². The second kappa shape index (κ2) is 8.50. The number of benzene rings is 1. The fraction of sp³-hybridized carbons (Fsp3) is 0.400. The molecular weight excluding hydrogens is 382 g/mol. The third-order valence-corrected chi connectivity index (χ3v) is 6.11. The predicted octanol–water partition coefficient (Wildman–Crippen LogP) is 2.63. The van der Waals surface area contributed by atoms with Gasteiger partial charge < -0.3 is 15.2 Å². The summed E-state index contributed by atoms with van der Waals surface area (Å²) in [7, 11) is 0. The lowest BCUT2D eigenvalue weighted by molar-refractivity contribution is 0.0948. The molecule has 1 saturated heterocycles. The second-order valence-electron chi connectivity index (χ2n) is 7.08. The number of thioether (sulfide) groups is 1. The number of amides is 1. The number of halogens is 1. The summed E-state index contributed by atoms with van der Waals surface area (Å²) < 4.78 is 1.82. The molecule has 0 aliphatic carbocycles. The summed E-state index contributed by atoms with van der Waals surface area (Å²) in [6.45, 7) is 2.98. The number of carbonyl (C=O) groups is 1. The predicted molar refractivity (Wildman–Crippen MR) is 111 cm³/mol. The van der Waals surface area contributed by atoms with Gasteiger partial charge in [0.25, 0.3) is 11.5 Å². The molecule has 2 aromatic rings. The lowest BCUT2D eigenvalue weighted by atomic mass is 9.84. The minimum Gasteiger partial charge on any atom is -0.348 e. The second-order valence-corrected chi connectivity index (χ2v) is 7.95. The van der Waals surface area contributed by atoms with Gasteiger partial charge in [-0.3, -0.25) is 9.59 Å². The van der Waals surface area contributed by atoms with Gasteiger partial charge in [-0.15, -0.1) is 24.2 Å². The maximum Gasteiger partial charge on any atom is 0.263 e. The molecule has 1 aromatic carbocycles. The minimum atomic E-state index is -0.298. The first-order valence-electron chi connectivity index (χ1n) is 9.01. The van der Waals surface area contributed by atoms with Crippen LogP contribution in [-0.4, -0.2) is 29.8 Å². The number of fused-ring (bicyclic) bond motifs is 4.